The van der Waals surface area contributed by atoms with Crippen molar-refractivity contribution in [2.24, 2.45) is 16.1 Å². The Bertz CT molecular complexity index is 871. The number of allylic oxidation sites excluding steroid dienone is 1. The molecule has 1 fully saturated rings. The second kappa shape index (κ2) is 10.8. The minimum Gasteiger partial charge on any atom is -0.404 e. The lowest BCUT2D eigenvalue weighted by atomic mass is 9.88. The molecule has 0 bridgehead atoms. The average Bonchev–Trinajstić information content (AvgIpc) is 2.65. The van der Waals surface area contributed by atoms with Crippen LogP contribution >= 0.6 is 0 Å². The van der Waals surface area contributed by atoms with Crippen LogP contribution in [0.5, 0.6) is 0 Å². The van der Waals surface area contributed by atoms with E-state index in [1.807, 2.05) is 0 Å². The van der Waals surface area contributed by atoms with Gasteiger partial charge in [-0.15, -0.1) is 0 Å². The van der Waals surface area contributed by atoms with E-state index in [1.54, 1.807) is 11.0 Å². The topological polar surface area (TPSA) is 78.3 Å². The first-order valence-electron chi connectivity index (χ1n) is 11.2. The highest BCUT2D eigenvalue weighted by molar-refractivity contribution is 6.09. The fourth-order valence-corrected chi connectivity index (χ4v) is 3.65. The van der Waals surface area contributed by atoms with Gasteiger partial charge >= 0.3 is 6.18 Å². The van der Waals surface area contributed by atoms with Crippen molar-refractivity contribution < 1.29 is 13.2 Å². The molecule has 5 nitrogen and oxygen atoms in total. The molecule has 0 aromatic carbocycles. The van der Waals surface area contributed by atoms with Gasteiger partial charge in [-0.3, -0.25) is 4.99 Å². The Morgan fingerprint density at radius 2 is 2.00 bits per heavy atom. The molecule has 0 spiro atoms. The summed E-state index contributed by atoms with van der Waals surface area (Å²) < 4.78 is 41.1. The van der Waals surface area contributed by atoms with E-state index in [2.05, 4.69) is 37.7 Å². The van der Waals surface area contributed by atoms with Crippen LogP contribution in [0.2, 0.25) is 0 Å². The molecule has 2 N–H and O–H groups in total. The van der Waals surface area contributed by atoms with Gasteiger partial charge in [0, 0.05) is 37.1 Å². The first kappa shape index (κ1) is 25.7. The van der Waals surface area contributed by atoms with E-state index in [0.29, 0.717) is 18.7 Å². The molecule has 0 aliphatic carbocycles. The molecule has 0 saturated carbocycles. The lowest BCUT2D eigenvalue weighted by Gasteiger charge is -2.33. The minimum atomic E-state index is -4.67. The maximum Gasteiger partial charge on any atom is 0.417 e. The molecule has 2 rings (SSSR count). The summed E-state index contributed by atoms with van der Waals surface area (Å²) >= 11 is 0. The van der Waals surface area contributed by atoms with Crippen molar-refractivity contribution in [3.63, 3.8) is 0 Å². The summed E-state index contributed by atoms with van der Waals surface area (Å²) in [4.78, 5) is 10.7. The molecule has 1 atom stereocenters. The highest BCUT2D eigenvalue weighted by Gasteiger charge is 2.37. The van der Waals surface area contributed by atoms with Crippen molar-refractivity contribution in [1.29, 1.82) is 5.26 Å². The summed E-state index contributed by atoms with van der Waals surface area (Å²) in [5.74, 6) is 0.0617. The lowest BCUT2D eigenvalue weighted by Crippen LogP contribution is -2.38. The third-order valence-corrected chi connectivity index (χ3v) is 5.56. The van der Waals surface area contributed by atoms with E-state index in [0.717, 1.165) is 44.6 Å². The van der Waals surface area contributed by atoms with Crippen molar-refractivity contribution in [1.82, 2.24) is 4.98 Å². The second-order valence-corrected chi connectivity index (χ2v) is 9.50. The van der Waals surface area contributed by atoms with Gasteiger partial charge in [-0.1, -0.05) is 40.5 Å². The molecule has 8 heteroatoms. The predicted octanol–water partition coefficient (Wildman–Crippen LogP) is 5.94. The molecular formula is C24H34F3N5. The number of hydrogen-bond acceptors (Lipinski definition) is 5. The highest BCUT2D eigenvalue weighted by Crippen LogP contribution is 2.37. The van der Waals surface area contributed by atoms with Crippen LogP contribution in [0.4, 0.5) is 19.0 Å². The Labute approximate surface area is 189 Å². The number of halogens is 3. The van der Waals surface area contributed by atoms with Crippen LogP contribution in [0.3, 0.4) is 0 Å². The molecule has 2 heterocycles. The summed E-state index contributed by atoms with van der Waals surface area (Å²) in [5.41, 5.74) is 4.98. The summed E-state index contributed by atoms with van der Waals surface area (Å²) in [5, 5.41) is 9.41. The summed E-state index contributed by atoms with van der Waals surface area (Å²) in [6.45, 7) is 9.83. The minimum absolute atomic E-state index is 0.0617. The Hall–Kier alpha value is -2.56. The Morgan fingerprint density at radius 1 is 1.31 bits per heavy atom. The van der Waals surface area contributed by atoms with E-state index >= 15 is 0 Å². The summed E-state index contributed by atoms with van der Waals surface area (Å²) in [6, 6.07) is 2.68. The molecule has 0 amide bonds. The van der Waals surface area contributed by atoms with Gasteiger partial charge in [0.2, 0.25) is 0 Å². The molecule has 1 saturated heterocycles. The average molecular weight is 450 g/mol. The SMILES string of the molecule is CCCC(CCCC(C)(C)C)N=CC(=CN)c1cc(C(F)(F)F)c(C#N)c(N2CCC2)n1. The predicted molar refractivity (Wildman–Crippen MR) is 123 cm³/mol. The maximum absolute atomic E-state index is 13.7. The zero-order chi connectivity index (χ0) is 23.9. The van der Waals surface area contributed by atoms with Gasteiger partial charge in [0.15, 0.2) is 0 Å². The Kier molecular flexibility index (Phi) is 8.71. The first-order chi connectivity index (χ1) is 15.0. The lowest BCUT2D eigenvalue weighted by molar-refractivity contribution is -0.137. The molecule has 1 unspecified atom stereocenters. The van der Waals surface area contributed by atoms with E-state index < -0.39 is 17.3 Å². The van der Waals surface area contributed by atoms with E-state index in [9.17, 15) is 18.4 Å². The van der Waals surface area contributed by atoms with E-state index in [1.165, 1.54) is 12.4 Å². The number of nitriles is 1. The zero-order valence-corrected chi connectivity index (χ0v) is 19.5. The molecule has 1 aliphatic heterocycles. The van der Waals surface area contributed by atoms with Gasteiger partial charge in [-0.05, 0) is 37.2 Å². The van der Waals surface area contributed by atoms with Crippen LogP contribution < -0.4 is 10.6 Å². The zero-order valence-electron chi connectivity index (χ0n) is 19.5. The third-order valence-electron chi connectivity index (χ3n) is 5.56. The van der Waals surface area contributed by atoms with Crippen LogP contribution in [0.25, 0.3) is 5.57 Å². The maximum atomic E-state index is 13.7. The fourth-order valence-electron chi connectivity index (χ4n) is 3.65. The summed E-state index contributed by atoms with van der Waals surface area (Å²) in [6.07, 6.45) is 3.82. The molecular weight excluding hydrogens is 415 g/mol. The molecule has 1 aromatic heterocycles. The van der Waals surface area contributed by atoms with Crippen LogP contribution in [0.15, 0.2) is 17.3 Å². The van der Waals surface area contributed by atoms with Crippen molar-refractivity contribution in [3.05, 3.63) is 29.1 Å². The van der Waals surface area contributed by atoms with E-state index in [-0.39, 0.29) is 23.0 Å². The number of rotatable bonds is 9. The summed E-state index contributed by atoms with van der Waals surface area (Å²) in [7, 11) is 0. The highest BCUT2D eigenvalue weighted by atomic mass is 19.4. The number of nitrogens with two attached hydrogens (primary N) is 1. The van der Waals surface area contributed by atoms with Crippen molar-refractivity contribution in [3.8, 4) is 6.07 Å². The monoisotopic (exact) mass is 449 g/mol. The molecule has 32 heavy (non-hydrogen) atoms. The number of nitrogens with zero attached hydrogens (tertiary/aromatic N) is 4. The Balaban J connectivity index is 2.35. The van der Waals surface area contributed by atoms with Gasteiger partial charge in [0.1, 0.15) is 17.5 Å². The van der Waals surface area contributed by atoms with Gasteiger partial charge in [0.25, 0.3) is 0 Å². The number of aromatic nitrogens is 1. The van der Waals surface area contributed by atoms with Gasteiger partial charge in [-0.2, -0.15) is 18.4 Å². The van der Waals surface area contributed by atoms with Crippen LogP contribution in [-0.4, -0.2) is 30.3 Å². The standard InChI is InChI=1S/C24H34F3N5/c1-5-8-18(9-6-10-23(2,3)4)30-16-17(14-28)21-13-20(24(25,26)27)19(15-29)22(31-21)32-11-7-12-32/h13-14,16,18H,5-12,28H2,1-4H3. The van der Waals surface area contributed by atoms with E-state index in [4.69, 9.17) is 5.73 Å². The normalized spacial score (nSPS) is 16.2. The molecule has 1 aliphatic rings. The van der Waals surface area contributed by atoms with Crippen molar-refractivity contribution in [2.75, 3.05) is 18.0 Å². The van der Waals surface area contributed by atoms with Gasteiger partial charge in [-0.25, -0.2) is 4.98 Å². The van der Waals surface area contributed by atoms with Gasteiger partial charge in [0.05, 0.1) is 11.3 Å². The molecule has 0 radical (unpaired) electrons. The first-order valence-corrected chi connectivity index (χ1v) is 11.2. The van der Waals surface area contributed by atoms with Crippen molar-refractivity contribution in [2.45, 2.75) is 78.4 Å². The molecule has 1 aromatic rings. The van der Waals surface area contributed by atoms with Crippen LogP contribution in [0, 0.1) is 16.7 Å². The quantitative estimate of drug-likeness (QED) is 0.473. The van der Waals surface area contributed by atoms with Crippen LogP contribution in [0.1, 0.15) is 83.0 Å². The molecule has 176 valence electrons. The number of alkyl halides is 3. The van der Waals surface area contributed by atoms with Gasteiger partial charge < -0.3 is 10.6 Å². The number of anilines is 1. The Morgan fingerprint density at radius 3 is 2.47 bits per heavy atom. The fraction of sp³-hybridized carbons (Fsp3) is 0.625. The third kappa shape index (κ3) is 6.98. The number of pyridine rings is 1. The largest absolute Gasteiger partial charge is 0.417 e. The smallest absolute Gasteiger partial charge is 0.404 e. The van der Waals surface area contributed by atoms with Crippen LogP contribution in [-0.2, 0) is 6.18 Å². The van der Waals surface area contributed by atoms with Crippen molar-refractivity contribution >= 4 is 17.6 Å². The number of aliphatic imine (C=N–C) groups is 1. The number of hydrogen-bond donors (Lipinski definition) is 1. The second-order valence-electron chi connectivity index (χ2n) is 9.50.